The minimum atomic E-state index is -2.35. The average Bonchev–Trinajstić information content (AvgIpc) is 3.57. The lowest BCUT2D eigenvalue weighted by Gasteiger charge is -2.33. The summed E-state index contributed by atoms with van der Waals surface area (Å²) in [7, 11) is -2.14. The molecule has 1 aliphatic rings. The van der Waals surface area contributed by atoms with E-state index in [9.17, 15) is 0 Å². The molecule has 212 valence electrons. The molecule has 0 fully saturated rings. The summed E-state index contributed by atoms with van der Waals surface area (Å²) in [6.45, 7) is 8.92. The zero-order chi connectivity index (χ0) is 32.2. The largest absolute Gasteiger partial charge is 0.458 e. The van der Waals surface area contributed by atoms with Crippen LogP contribution < -0.4 is 19.7 Å². The van der Waals surface area contributed by atoms with Crippen LogP contribution in [0.4, 0.5) is 0 Å². The highest BCUT2D eigenvalue weighted by molar-refractivity contribution is 7.02. The lowest BCUT2D eigenvalue weighted by Crippen LogP contribution is -2.57. The van der Waals surface area contributed by atoms with Crippen molar-refractivity contribution in [2.45, 2.75) is 39.3 Å². The minimum Gasteiger partial charge on any atom is -0.458 e. The number of fused-ring (bicyclic) bond motifs is 5. The fourth-order valence-corrected chi connectivity index (χ4v) is 9.63. The molecule has 1 aliphatic heterocycles. The summed E-state index contributed by atoms with van der Waals surface area (Å²) in [6.07, 6.45) is 5.05. The van der Waals surface area contributed by atoms with Gasteiger partial charge in [-0.1, -0.05) is 86.7 Å². The maximum absolute atomic E-state index is 8.17. The number of hydrogen-bond acceptors (Lipinski definition) is 2. The highest BCUT2D eigenvalue weighted by Crippen LogP contribution is 2.36. The molecule has 3 aromatic heterocycles. The zero-order valence-electron chi connectivity index (χ0n) is 27.9. The van der Waals surface area contributed by atoms with E-state index in [1.807, 2.05) is 41.1 Å². The molecule has 4 heterocycles. The van der Waals surface area contributed by atoms with E-state index in [2.05, 4.69) is 105 Å². The molecular weight excluding hydrogens is 545 g/mol. The Hall–Kier alpha value is -4.68. The molecule has 8 rings (SSSR count). The molecule has 7 aromatic rings. The Labute approximate surface area is 256 Å². The number of imidazole rings is 1. The standard InChI is InChI=1S/C37H34N4OSi/c1-37(2,3)24-18-19-38-35(20-24)41-29-11-8-7-10-27(29)28-16-14-25(21-31(28)41)42-26-15-17-33-32(22-26)40-23-39(4)30-12-9-13-34(36(30)40)43(33,5)6/h7-22H,1-6H3/i4D3. The molecule has 0 aliphatic carbocycles. The van der Waals surface area contributed by atoms with Crippen molar-refractivity contribution in [1.82, 2.24) is 14.1 Å². The third kappa shape index (κ3) is 3.82. The van der Waals surface area contributed by atoms with Gasteiger partial charge in [-0.25, -0.2) is 4.98 Å². The van der Waals surface area contributed by atoms with Crippen LogP contribution in [0.25, 0.3) is 44.3 Å². The van der Waals surface area contributed by atoms with E-state index in [0.29, 0.717) is 17.0 Å². The number of rotatable bonds is 3. The van der Waals surface area contributed by atoms with Crippen LogP contribution in [-0.2, 0) is 12.4 Å². The van der Waals surface area contributed by atoms with Crippen LogP contribution in [0.15, 0.2) is 97.2 Å². The summed E-state index contributed by atoms with van der Waals surface area (Å²) < 4.78 is 36.5. The van der Waals surface area contributed by atoms with Gasteiger partial charge in [0.1, 0.15) is 25.4 Å². The number of aryl methyl sites for hydroxylation is 1. The van der Waals surface area contributed by atoms with E-state index < -0.39 is 15.0 Å². The van der Waals surface area contributed by atoms with Crippen LogP contribution in [0.2, 0.25) is 13.1 Å². The van der Waals surface area contributed by atoms with E-state index >= 15 is 0 Å². The Morgan fingerprint density at radius 3 is 2.47 bits per heavy atom. The second kappa shape index (κ2) is 8.91. The van der Waals surface area contributed by atoms with Crippen molar-refractivity contribution >= 4 is 51.3 Å². The van der Waals surface area contributed by atoms with Gasteiger partial charge in [-0.3, -0.25) is 4.57 Å². The molecule has 0 atom stereocenters. The topological polar surface area (TPSA) is 35.9 Å². The van der Waals surface area contributed by atoms with E-state index in [4.69, 9.17) is 13.8 Å². The SMILES string of the molecule is [2H]C([2H])([2H])[n+]1[c-]n2c3c(cccc31)[Si](C)(C)c1ccc(Oc3ccc4c5ccccc5n(-c5cc(C(C)(C)C)ccn5)c4c3)cc1-2. The van der Waals surface area contributed by atoms with Gasteiger partial charge in [0, 0.05) is 23.0 Å². The molecule has 0 spiro atoms. The van der Waals surface area contributed by atoms with E-state index in [1.54, 1.807) is 0 Å². The molecule has 0 radical (unpaired) electrons. The fourth-order valence-electron chi connectivity index (χ4n) is 6.67. The maximum atomic E-state index is 8.17. The van der Waals surface area contributed by atoms with Gasteiger partial charge in [0.05, 0.1) is 38.8 Å². The van der Waals surface area contributed by atoms with Crippen molar-refractivity contribution < 1.29 is 13.4 Å². The van der Waals surface area contributed by atoms with Crippen molar-refractivity contribution in [3.8, 4) is 23.0 Å². The van der Waals surface area contributed by atoms with Gasteiger partial charge in [0.2, 0.25) is 6.33 Å². The summed E-state index contributed by atoms with van der Waals surface area (Å²) >= 11 is 0. The summed E-state index contributed by atoms with van der Waals surface area (Å²) in [5.74, 6) is 2.24. The monoisotopic (exact) mass is 581 g/mol. The predicted molar refractivity (Wildman–Crippen MR) is 177 cm³/mol. The molecular formula is C37H34N4OSi. The Bertz CT molecular complexity index is 2360. The Kier molecular flexibility index (Phi) is 4.74. The molecule has 0 saturated heterocycles. The van der Waals surface area contributed by atoms with Crippen molar-refractivity contribution in [2.75, 3.05) is 0 Å². The van der Waals surface area contributed by atoms with Crippen molar-refractivity contribution in [2.24, 2.45) is 6.98 Å². The van der Waals surface area contributed by atoms with Crippen LogP contribution in [0.3, 0.4) is 0 Å². The van der Waals surface area contributed by atoms with Gasteiger partial charge in [-0.05, 0) is 53.4 Å². The number of aromatic nitrogens is 4. The van der Waals surface area contributed by atoms with E-state index in [-0.39, 0.29) is 5.41 Å². The van der Waals surface area contributed by atoms with Crippen molar-refractivity contribution in [3.63, 3.8) is 0 Å². The van der Waals surface area contributed by atoms with Gasteiger partial charge in [-0.2, -0.15) is 0 Å². The Morgan fingerprint density at radius 1 is 0.837 bits per heavy atom. The molecule has 0 N–H and O–H groups in total. The lowest BCUT2D eigenvalue weighted by molar-refractivity contribution is -0.649. The molecule has 0 bridgehead atoms. The van der Waals surface area contributed by atoms with E-state index in [1.165, 1.54) is 20.5 Å². The van der Waals surface area contributed by atoms with Crippen LogP contribution in [0.5, 0.6) is 11.5 Å². The number of pyridine rings is 1. The highest BCUT2D eigenvalue weighted by atomic mass is 28.3. The van der Waals surface area contributed by atoms with Gasteiger partial charge in [0.15, 0.2) is 0 Å². The molecule has 5 nitrogen and oxygen atoms in total. The minimum absolute atomic E-state index is 0.0133. The van der Waals surface area contributed by atoms with Crippen molar-refractivity contribution in [1.29, 1.82) is 0 Å². The third-order valence-corrected chi connectivity index (χ3v) is 12.5. The first-order valence-corrected chi connectivity index (χ1v) is 17.6. The van der Waals surface area contributed by atoms with Crippen LogP contribution in [-0.4, -0.2) is 22.2 Å². The van der Waals surface area contributed by atoms with Gasteiger partial charge >= 0.3 is 0 Å². The molecule has 0 saturated carbocycles. The van der Waals surface area contributed by atoms with Gasteiger partial charge in [0.25, 0.3) is 0 Å². The first-order chi connectivity index (χ1) is 21.8. The summed E-state index contributed by atoms with van der Waals surface area (Å²) in [5, 5.41) is 4.69. The zero-order valence-corrected chi connectivity index (χ0v) is 25.9. The summed E-state index contributed by atoms with van der Waals surface area (Å²) in [6, 6.07) is 31.0. The number of nitrogens with zero attached hydrogens (tertiary/aromatic N) is 4. The number of para-hydroxylation sites is 2. The quantitative estimate of drug-likeness (QED) is 0.128. The number of ether oxygens (including phenoxy) is 1. The van der Waals surface area contributed by atoms with Crippen LogP contribution >= 0.6 is 0 Å². The number of benzene rings is 4. The first kappa shape index (κ1) is 22.9. The lowest BCUT2D eigenvalue weighted by atomic mass is 9.88. The van der Waals surface area contributed by atoms with Crippen LogP contribution in [0.1, 0.15) is 30.4 Å². The smallest absolute Gasteiger partial charge is 0.244 e. The fraction of sp³-hybridized carbons (Fsp3) is 0.189. The number of hydrogen-bond donors (Lipinski definition) is 0. The van der Waals surface area contributed by atoms with Crippen molar-refractivity contribution in [3.05, 3.63) is 109 Å². The Morgan fingerprint density at radius 2 is 1.63 bits per heavy atom. The summed E-state index contributed by atoms with van der Waals surface area (Å²) in [5.41, 5.74) is 5.79. The summed E-state index contributed by atoms with van der Waals surface area (Å²) in [4.78, 5) is 4.80. The average molecular weight is 582 g/mol. The molecule has 4 aromatic carbocycles. The third-order valence-electron chi connectivity index (χ3n) is 8.96. The molecule has 6 heteroatoms. The Balaban J connectivity index is 1.27. The predicted octanol–water partition coefficient (Wildman–Crippen LogP) is 6.97. The highest BCUT2D eigenvalue weighted by Gasteiger charge is 2.35. The molecule has 43 heavy (non-hydrogen) atoms. The maximum Gasteiger partial charge on any atom is 0.244 e. The van der Waals surface area contributed by atoms with E-state index in [0.717, 1.165) is 38.8 Å². The second-order valence-electron chi connectivity index (χ2n) is 13.0. The molecule has 0 unspecified atom stereocenters. The van der Waals surface area contributed by atoms with Gasteiger partial charge in [-0.15, -0.1) is 0 Å². The van der Waals surface area contributed by atoms with Crippen LogP contribution in [0, 0.1) is 6.33 Å². The molecule has 0 amide bonds. The van der Waals surface area contributed by atoms with Gasteiger partial charge < -0.3 is 13.9 Å². The second-order valence-corrected chi connectivity index (χ2v) is 17.4. The normalized spacial score (nSPS) is 15.3. The first-order valence-electron chi connectivity index (χ1n) is 16.1.